The molecule has 1 unspecified atom stereocenters. The minimum Gasteiger partial charge on any atom is -0.397 e. The summed E-state index contributed by atoms with van der Waals surface area (Å²) < 4.78 is 0.631. The number of halogens is 1. The van der Waals surface area contributed by atoms with Crippen LogP contribution < -0.4 is 11.1 Å². The normalized spacial score (nSPS) is 13.1. The lowest BCUT2D eigenvalue weighted by atomic mass is 10.0. The Morgan fingerprint density at radius 3 is 2.61 bits per heavy atom. The van der Waals surface area contributed by atoms with Crippen molar-refractivity contribution in [2.45, 2.75) is 32.4 Å². The molecule has 0 radical (unpaired) electrons. The molecule has 0 saturated carbocycles. The molecule has 4 N–H and O–H groups in total. The summed E-state index contributed by atoms with van der Waals surface area (Å²) in [6, 6.07) is 5.38. The second-order valence-electron chi connectivity index (χ2n) is 5.22. The van der Waals surface area contributed by atoms with Gasteiger partial charge >= 0.3 is 0 Å². The molecule has 0 amide bonds. The zero-order valence-corrected chi connectivity index (χ0v) is 12.4. The Kier molecular flexibility index (Phi) is 4.74. The number of hydrogen-bond donors (Lipinski definition) is 3. The van der Waals surface area contributed by atoms with E-state index in [1.54, 1.807) is 12.1 Å². The zero-order valence-electron chi connectivity index (χ0n) is 10.8. The number of nitrogens with zero attached hydrogens (tertiary/aromatic N) is 1. The average Bonchev–Trinajstić information content (AvgIpc) is 2.28. The van der Waals surface area contributed by atoms with E-state index in [4.69, 9.17) is 11.0 Å². The highest BCUT2D eigenvalue weighted by molar-refractivity contribution is 9.10. The van der Waals surface area contributed by atoms with Crippen molar-refractivity contribution < 1.29 is 5.11 Å². The first kappa shape index (κ1) is 15.0. The third-order valence-corrected chi connectivity index (χ3v) is 3.14. The van der Waals surface area contributed by atoms with E-state index >= 15 is 0 Å². The number of hydrogen-bond acceptors (Lipinski definition) is 4. The minimum atomic E-state index is -0.673. The second kappa shape index (κ2) is 5.70. The van der Waals surface area contributed by atoms with Crippen LogP contribution in [-0.4, -0.2) is 17.2 Å². The molecule has 1 aromatic rings. The number of benzene rings is 1. The maximum Gasteiger partial charge on any atom is 0.101 e. The molecule has 5 heteroatoms. The molecule has 0 aromatic heterocycles. The van der Waals surface area contributed by atoms with Gasteiger partial charge in [0.2, 0.25) is 0 Å². The first-order valence-electron chi connectivity index (χ1n) is 5.66. The van der Waals surface area contributed by atoms with Gasteiger partial charge in [-0.25, -0.2) is 0 Å². The first-order chi connectivity index (χ1) is 8.24. The van der Waals surface area contributed by atoms with Crippen molar-refractivity contribution in [3.8, 4) is 6.07 Å². The van der Waals surface area contributed by atoms with Gasteiger partial charge in [-0.1, -0.05) is 0 Å². The van der Waals surface area contributed by atoms with Crippen molar-refractivity contribution in [3.63, 3.8) is 0 Å². The van der Waals surface area contributed by atoms with Crippen molar-refractivity contribution in [3.05, 3.63) is 27.7 Å². The summed E-state index contributed by atoms with van der Waals surface area (Å²) in [6.07, 6.45) is -0.673. The molecule has 1 atom stereocenters. The van der Waals surface area contributed by atoms with Crippen LogP contribution in [0.5, 0.6) is 0 Å². The van der Waals surface area contributed by atoms with Crippen molar-refractivity contribution in [1.29, 1.82) is 5.26 Å². The Balaban J connectivity index is 2.91. The topological polar surface area (TPSA) is 82.1 Å². The molecule has 0 saturated heterocycles. The number of β-amino-alcohol motifs (C(OH)–C–C–N with tert-alkyl or cyclic N) is 1. The third kappa shape index (κ3) is 3.98. The Bertz CT molecular complexity index is 474. The summed E-state index contributed by atoms with van der Waals surface area (Å²) in [7, 11) is 0. The van der Waals surface area contributed by atoms with Crippen LogP contribution in [0.25, 0.3) is 0 Å². The maximum atomic E-state index is 10.1. The molecule has 0 aliphatic heterocycles. The highest BCUT2D eigenvalue weighted by atomic mass is 79.9. The number of anilines is 1. The number of aliphatic hydroxyl groups excluding tert-OH is 1. The van der Waals surface area contributed by atoms with E-state index in [1.165, 1.54) is 0 Å². The van der Waals surface area contributed by atoms with E-state index in [9.17, 15) is 5.11 Å². The highest BCUT2D eigenvalue weighted by Gasteiger charge is 2.16. The van der Waals surface area contributed by atoms with E-state index in [2.05, 4.69) is 21.2 Å². The van der Waals surface area contributed by atoms with Gasteiger partial charge in [-0.15, -0.1) is 0 Å². The monoisotopic (exact) mass is 311 g/mol. The predicted octanol–water partition coefficient (Wildman–Crippen LogP) is 2.32. The van der Waals surface area contributed by atoms with Crippen LogP contribution in [0.3, 0.4) is 0 Å². The van der Waals surface area contributed by atoms with Crippen LogP contribution in [0.4, 0.5) is 5.69 Å². The lowest BCUT2D eigenvalue weighted by Crippen LogP contribution is -2.38. The highest BCUT2D eigenvalue weighted by Crippen LogP contribution is 2.27. The fraction of sp³-hybridized carbons (Fsp3) is 0.462. The van der Waals surface area contributed by atoms with Crippen molar-refractivity contribution in [1.82, 2.24) is 5.32 Å². The fourth-order valence-corrected chi connectivity index (χ4v) is 1.92. The number of nitriles is 1. The largest absolute Gasteiger partial charge is 0.397 e. The molecule has 0 aliphatic carbocycles. The van der Waals surface area contributed by atoms with Crippen molar-refractivity contribution >= 4 is 21.6 Å². The van der Waals surface area contributed by atoms with Crippen LogP contribution in [0.2, 0.25) is 0 Å². The Morgan fingerprint density at radius 1 is 1.50 bits per heavy atom. The number of nitrogens with one attached hydrogen (secondary N) is 1. The van der Waals surface area contributed by atoms with Crippen LogP contribution in [0.1, 0.15) is 38.0 Å². The summed E-state index contributed by atoms with van der Waals surface area (Å²) in [5.41, 5.74) is 7.11. The van der Waals surface area contributed by atoms with Gasteiger partial charge in [-0.05, 0) is 54.4 Å². The molecule has 0 fully saturated rings. The third-order valence-electron chi connectivity index (χ3n) is 2.48. The Labute approximate surface area is 116 Å². The lowest BCUT2D eigenvalue weighted by Gasteiger charge is -2.23. The first-order valence-corrected chi connectivity index (χ1v) is 6.46. The van der Waals surface area contributed by atoms with Crippen LogP contribution in [0.15, 0.2) is 16.6 Å². The summed E-state index contributed by atoms with van der Waals surface area (Å²) in [5.74, 6) is 0. The summed E-state index contributed by atoms with van der Waals surface area (Å²) >= 11 is 3.29. The standard InChI is InChI=1S/C13H18BrN3O/c1-13(2,3)17-7-11(18)8-4-9(6-15)12(16)10(14)5-8/h4-5,11,17-18H,7,16H2,1-3H3. The van der Waals surface area contributed by atoms with Gasteiger partial charge in [-0.2, -0.15) is 5.26 Å². The van der Waals surface area contributed by atoms with E-state index < -0.39 is 6.10 Å². The summed E-state index contributed by atoms with van der Waals surface area (Å²) in [4.78, 5) is 0. The van der Waals surface area contributed by atoms with E-state index in [1.807, 2.05) is 26.8 Å². The summed E-state index contributed by atoms with van der Waals surface area (Å²) in [5, 5.41) is 22.3. The Hall–Kier alpha value is -1.09. The van der Waals surface area contributed by atoms with Gasteiger partial charge in [0, 0.05) is 16.6 Å². The zero-order chi connectivity index (χ0) is 13.9. The van der Waals surface area contributed by atoms with Crippen LogP contribution in [0, 0.1) is 11.3 Å². The minimum absolute atomic E-state index is 0.0654. The molecule has 18 heavy (non-hydrogen) atoms. The van der Waals surface area contributed by atoms with Gasteiger partial charge in [0.1, 0.15) is 6.07 Å². The van der Waals surface area contributed by atoms with E-state index in [0.29, 0.717) is 27.8 Å². The molecule has 0 heterocycles. The van der Waals surface area contributed by atoms with E-state index in [0.717, 1.165) is 0 Å². The quantitative estimate of drug-likeness (QED) is 0.748. The van der Waals surface area contributed by atoms with E-state index in [-0.39, 0.29) is 5.54 Å². The van der Waals surface area contributed by atoms with Gasteiger partial charge in [0.05, 0.1) is 17.4 Å². The Morgan fingerprint density at radius 2 is 2.11 bits per heavy atom. The smallest absolute Gasteiger partial charge is 0.101 e. The predicted molar refractivity (Wildman–Crippen MR) is 76.0 cm³/mol. The molecule has 98 valence electrons. The second-order valence-corrected chi connectivity index (χ2v) is 6.08. The number of nitrogens with two attached hydrogens (primary N) is 1. The SMILES string of the molecule is CC(C)(C)NCC(O)c1cc(Br)c(N)c(C#N)c1. The fourth-order valence-electron chi connectivity index (χ4n) is 1.44. The van der Waals surface area contributed by atoms with Gasteiger partial charge in [0.15, 0.2) is 0 Å². The average molecular weight is 312 g/mol. The number of rotatable bonds is 3. The summed E-state index contributed by atoms with van der Waals surface area (Å²) in [6.45, 7) is 6.50. The molecule has 0 bridgehead atoms. The number of aliphatic hydroxyl groups is 1. The van der Waals surface area contributed by atoms with Gasteiger partial charge in [0.25, 0.3) is 0 Å². The molecule has 1 rings (SSSR count). The van der Waals surface area contributed by atoms with Gasteiger partial charge in [-0.3, -0.25) is 0 Å². The van der Waals surface area contributed by atoms with Gasteiger partial charge < -0.3 is 16.2 Å². The molecule has 0 spiro atoms. The van der Waals surface area contributed by atoms with Crippen LogP contribution in [-0.2, 0) is 0 Å². The van der Waals surface area contributed by atoms with Crippen molar-refractivity contribution in [2.24, 2.45) is 0 Å². The maximum absolute atomic E-state index is 10.1. The molecule has 0 aliphatic rings. The van der Waals surface area contributed by atoms with Crippen molar-refractivity contribution in [2.75, 3.05) is 12.3 Å². The number of nitrogen functional groups attached to an aromatic ring is 1. The molecule has 1 aromatic carbocycles. The van der Waals surface area contributed by atoms with Crippen LogP contribution >= 0.6 is 15.9 Å². The molecule has 4 nitrogen and oxygen atoms in total. The molecular weight excluding hydrogens is 294 g/mol. The lowest BCUT2D eigenvalue weighted by molar-refractivity contribution is 0.163. The molecular formula is C13H18BrN3O.